The Morgan fingerprint density at radius 1 is 1.38 bits per heavy atom. The van der Waals surface area contributed by atoms with Crippen LogP contribution in [0.4, 0.5) is 0 Å². The van der Waals surface area contributed by atoms with Crippen molar-refractivity contribution in [2.24, 2.45) is 0 Å². The molecule has 16 heavy (non-hydrogen) atoms. The number of hydrogen-bond donors (Lipinski definition) is 0. The molecule has 0 bridgehead atoms. The number of halogens is 1. The lowest BCUT2D eigenvalue weighted by Gasteiger charge is -2.26. The maximum absolute atomic E-state index is 12.2. The molecule has 0 spiro atoms. The highest BCUT2D eigenvalue weighted by Gasteiger charge is 2.20. The summed E-state index contributed by atoms with van der Waals surface area (Å²) in [4.78, 5) is 18.3. The van der Waals surface area contributed by atoms with E-state index in [0.717, 1.165) is 36.0 Å². The highest BCUT2D eigenvalue weighted by molar-refractivity contribution is 9.10. The van der Waals surface area contributed by atoms with Gasteiger partial charge >= 0.3 is 0 Å². The van der Waals surface area contributed by atoms with Gasteiger partial charge in [-0.2, -0.15) is 0 Å². The molecule has 0 aliphatic carbocycles. The smallest absolute Gasteiger partial charge is 0.272 e. The van der Waals surface area contributed by atoms with E-state index in [9.17, 15) is 4.79 Å². The molecule has 4 heteroatoms. The molecule has 0 N–H and O–H groups in total. The molecule has 2 rings (SSSR count). The second kappa shape index (κ2) is 4.95. The summed E-state index contributed by atoms with van der Waals surface area (Å²) >= 11 is 3.35. The number of aryl methyl sites for hydroxylation is 1. The minimum atomic E-state index is 0.0738. The molecule has 1 fully saturated rings. The summed E-state index contributed by atoms with van der Waals surface area (Å²) in [6, 6.07) is 1.93. The number of rotatable bonds is 1. The van der Waals surface area contributed by atoms with Crippen LogP contribution in [0.2, 0.25) is 0 Å². The summed E-state index contributed by atoms with van der Waals surface area (Å²) in [6.07, 6.45) is 5.14. The summed E-state index contributed by atoms with van der Waals surface area (Å²) in [7, 11) is 0. The molecular weight excluding hydrogens is 268 g/mol. The van der Waals surface area contributed by atoms with Crippen LogP contribution >= 0.6 is 15.9 Å². The third-order valence-electron chi connectivity index (χ3n) is 2.89. The van der Waals surface area contributed by atoms with Crippen LogP contribution in [-0.4, -0.2) is 28.9 Å². The van der Waals surface area contributed by atoms with E-state index in [1.807, 2.05) is 17.9 Å². The van der Waals surface area contributed by atoms with Crippen molar-refractivity contribution in [2.75, 3.05) is 13.1 Å². The summed E-state index contributed by atoms with van der Waals surface area (Å²) < 4.78 is 0.917. The standard InChI is InChI=1S/C12H15BrN2O/c1-9-7-10(13)8-14-11(9)12(16)15-5-3-2-4-6-15/h7-8H,2-6H2,1H3. The molecular formula is C12H15BrN2O. The monoisotopic (exact) mass is 282 g/mol. The molecule has 1 aromatic heterocycles. The lowest BCUT2D eigenvalue weighted by atomic mass is 10.1. The maximum atomic E-state index is 12.2. The molecule has 1 aliphatic rings. The van der Waals surface area contributed by atoms with Crippen LogP contribution in [0.15, 0.2) is 16.7 Å². The summed E-state index contributed by atoms with van der Waals surface area (Å²) in [5.41, 5.74) is 1.52. The van der Waals surface area contributed by atoms with Crippen molar-refractivity contribution < 1.29 is 4.79 Å². The molecule has 1 aromatic rings. The van der Waals surface area contributed by atoms with Crippen LogP contribution < -0.4 is 0 Å². The van der Waals surface area contributed by atoms with Gasteiger partial charge in [0.05, 0.1) is 0 Å². The summed E-state index contributed by atoms with van der Waals surface area (Å²) in [5, 5.41) is 0. The first-order valence-electron chi connectivity index (χ1n) is 5.60. The van der Waals surface area contributed by atoms with Gasteiger partial charge in [-0.25, -0.2) is 4.98 Å². The van der Waals surface area contributed by atoms with Gasteiger partial charge in [-0.15, -0.1) is 0 Å². The molecule has 1 amide bonds. The van der Waals surface area contributed by atoms with Crippen LogP contribution in [0, 0.1) is 6.92 Å². The Kier molecular flexibility index (Phi) is 3.59. The zero-order valence-corrected chi connectivity index (χ0v) is 11.0. The Labute approximate surface area is 104 Å². The first kappa shape index (κ1) is 11.6. The second-order valence-corrected chi connectivity index (χ2v) is 5.09. The lowest BCUT2D eigenvalue weighted by Crippen LogP contribution is -2.36. The van der Waals surface area contributed by atoms with Gasteiger partial charge in [-0.1, -0.05) is 0 Å². The molecule has 0 atom stereocenters. The van der Waals surface area contributed by atoms with Gasteiger partial charge in [0.1, 0.15) is 5.69 Å². The SMILES string of the molecule is Cc1cc(Br)cnc1C(=O)N1CCCCC1. The molecule has 1 aliphatic heterocycles. The number of carbonyl (C=O) groups is 1. The number of carbonyl (C=O) groups excluding carboxylic acids is 1. The number of pyridine rings is 1. The molecule has 86 valence electrons. The van der Waals surface area contributed by atoms with Gasteiger partial charge in [0.2, 0.25) is 0 Å². The number of amides is 1. The van der Waals surface area contributed by atoms with Gasteiger partial charge in [-0.05, 0) is 53.7 Å². The third-order valence-corrected chi connectivity index (χ3v) is 3.32. The zero-order valence-electron chi connectivity index (χ0n) is 9.37. The molecule has 1 saturated heterocycles. The predicted molar refractivity (Wildman–Crippen MR) is 66.4 cm³/mol. The van der Waals surface area contributed by atoms with E-state index in [2.05, 4.69) is 20.9 Å². The quantitative estimate of drug-likeness (QED) is 0.794. The van der Waals surface area contributed by atoms with E-state index in [4.69, 9.17) is 0 Å². The van der Waals surface area contributed by atoms with E-state index in [1.54, 1.807) is 6.20 Å². The largest absolute Gasteiger partial charge is 0.337 e. The van der Waals surface area contributed by atoms with Crippen LogP contribution in [0.25, 0.3) is 0 Å². The zero-order chi connectivity index (χ0) is 11.5. The Morgan fingerprint density at radius 3 is 2.69 bits per heavy atom. The van der Waals surface area contributed by atoms with Crippen molar-refractivity contribution in [1.82, 2.24) is 9.88 Å². The Hall–Kier alpha value is -0.900. The molecule has 0 saturated carbocycles. The molecule has 0 unspecified atom stereocenters. The summed E-state index contributed by atoms with van der Waals surface area (Å²) in [6.45, 7) is 3.67. The molecule has 0 radical (unpaired) electrons. The average molecular weight is 283 g/mol. The number of piperidine rings is 1. The first-order chi connectivity index (χ1) is 7.68. The number of aromatic nitrogens is 1. The van der Waals surface area contributed by atoms with Crippen LogP contribution in [0.1, 0.15) is 35.3 Å². The fourth-order valence-corrected chi connectivity index (χ4v) is 2.46. The Morgan fingerprint density at radius 2 is 2.06 bits per heavy atom. The van der Waals surface area contributed by atoms with Crippen molar-refractivity contribution in [3.05, 3.63) is 28.0 Å². The second-order valence-electron chi connectivity index (χ2n) is 4.17. The Balaban J connectivity index is 2.19. The normalized spacial score (nSPS) is 16.2. The first-order valence-corrected chi connectivity index (χ1v) is 6.39. The van der Waals surface area contributed by atoms with Crippen molar-refractivity contribution in [2.45, 2.75) is 26.2 Å². The maximum Gasteiger partial charge on any atom is 0.272 e. The van der Waals surface area contributed by atoms with Crippen molar-refractivity contribution >= 4 is 21.8 Å². The van der Waals surface area contributed by atoms with Gasteiger partial charge < -0.3 is 4.90 Å². The van der Waals surface area contributed by atoms with Crippen LogP contribution in [0.5, 0.6) is 0 Å². The fourth-order valence-electron chi connectivity index (χ4n) is 2.01. The van der Waals surface area contributed by atoms with E-state index >= 15 is 0 Å². The average Bonchev–Trinajstić information content (AvgIpc) is 2.29. The number of likely N-dealkylation sites (tertiary alicyclic amines) is 1. The van der Waals surface area contributed by atoms with Crippen LogP contribution in [-0.2, 0) is 0 Å². The minimum absolute atomic E-state index is 0.0738. The van der Waals surface area contributed by atoms with Gasteiger partial charge in [-0.3, -0.25) is 4.79 Å². The topological polar surface area (TPSA) is 33.2 Å². The number of hydrogen-bond acceptors (Lipinski definition) is 2. The number of nitrogens with zero attached hydrogens (tertiary/aromatic N) is 2. The van der Waals surface area contributed by atoms with Crippen molar-refractivity contribution in [1.29, 1.82) is 0 Å². The van der Waals surface area contributed by atoms with Gasteiger partial charge in [0.15, 0.2) is 0 Å². The Bertz CT molecular complexity index is 400. The van der Waals surface area contributed by atoms with Gasteiger partial charge in [0, 0.05) is 23.8 Å². The van der Waals surface area contributed by atoms with Crippen molar-refractivity contribution in [3.63, 3.8) is 0 Å². The van der Waals surface area contributed by atoms with E-state index < -0.39 is 0 Å². The molecule has 3 nitrogen and oxygen atoms in total. The van der Waals surface area contributed by atoms with Gasteiger partial charge in [0.25, 0.3) is 5.91 Å². The summed E-state index contributed by atoms with van der Waals surface area (Å²) in [5.74, 6) is 0.0738. The highest BCUT2D eigenvalue weighted by Crippen LogP contribution is 2.17. The minimum Gasteiger partial charge on any atom is -0.337 e. The molecule has 2 heterocycles. The lowest BCUT2D eigenvalue weighted by molar-refractivity contribution is 0.0717. The van der Waals surface area contributed by atoms with Crippen LogP contribution in [0.3, 0.4) is 0 Å². The predicted octanol–water partition coefficient (Wildman–Crippen LogP) is 2.78. The third kappa shape index (κ3) is 2.43. The fraction of sp³-hybridized carbons (Fsp3) is 0.500. The molecule has 0 aromatic carbocycles. The highest BCUT2D eigenvalue weighted by atomic mass is 79.9. The van der Waals surface area contributed by atoms with E-state index in [-0.39, 0.29) is 5.91 Å². The van der Waals surface area contributed by atoms with Crippen molar-refractivity contribution in [3.8, 4) is 0 Å². The van der Waals surface area contributed by atoms with E-state index in [1.165, 1.54) is 6.42 Å². The van der Waals surface area contributed by atoms with E-state index in [0.29, 0.717) is 5.69 Å².